The second-order valence-corrected chi connectivity index (χ2v) is 4.01. The van der Waals surface area contributed by atoms with Crippen molar-refractivity contribution < 1.29 is 0 Å². The molecule has 0 bridgehead atoms. The second-order valence-electron chi connectivity index (χ2n) is 4.01. The van der Waals surface area contributed by atoms with Crippen LogP contribution in [-0.4, -0.2) is 0 Å². The van der Waals surface area contributed by atoms with E-state index < -0.39 is 0 Å². The van der Waals surface area contributed by atoms with E-state index in [-0.39, 0.29) is 0 Å². The van der Waals surface area contributed by atoms with Crippen molar-refractivity contribution in [3.63, 3.8) is 0 Å². The first kappa shape index (κ1) is 27.3. The van der Waals surface area contributed by atoms with Crippen molar-refractivity contribution >= 4 is 0 Å². The predicted molar refractivity (Wildman–Crippen MR) is 100 cm³/mol. The highest BCUT2D eigenvalue weighted by molar-refractivity contribution is 4.75. The quantitative estimate of drug-likeness (QED) is 0.449. The van der Waals surface area contributed by atoms with Gasteiger partial charge < -0.3 is 0 Å². The summed E-state index contributed by atoms with van der Waals surface area (Å²) in [5.41, 5.74) is 0. The van der Waals surface area contributed by atoms with E-state index in [9.17, 15) is 0 Å². The van der Waals surface area contributed by atoms with Crippen LogP contribution in [0.3, 0.4) is 0 Å². The zero-order chi connectivity index (χ0) is 16.5. The van der Waals surface area contributed by atoms with Crippen LogP contribution in [0.1, 0.15) is 80.6 Å². The Kier molecular flexibility index (Phi) is 58.8. The monoisotopic (exact) mass is 280 g/mol. The average molecular weight is 281 g/mol. The standard InChI is InChI=1S/C6H12.2C5H10.C4H8/c1-3-5-6-4-2;2*1-3-5-4-2;1-3-4-2/h3,5H,4,6H2,1-2H3;2*3,5H,4H2,1-2H3;3H,1,4H2,2H3/b3*5-3+;. The molecule has 120 valence electrons. The van der Waals surface area contributed by atoms with Gasteiger partial charge in [-0.05, 0) is 46.5 Å². The number of hydrogen-bond donors (Lipinski definition) is 0. The summed E-state index contributed by atoms with van der Waals surface area (Å²) in [4.78, 5) is 0. The first-order valence-corrected chi connectivity index (χ1v) is 8.10. The summed E-state index contributed by atoms with van der Waals surface area (Å²) in [6.07, 6.45) is 20.4. The first-order chi connectivity index (χ1) is 9.66. The smallest absolute Gasteiger partial charge is 0.0353 e. The third-order valence-corrected chi connectivity index (χ3v) is 1.92. The van der Waals surface area contributed by atoms with Crippen LogP contribution in [0.15, 0.2) is 49.1 Å². The molecule has 0 saturated carbocycles. The van der Waals surface area contributed by atoms with Crippen LogP contribution in [0.25, 0.3) is 0 Å². The second kappa shape index (κ2) is 43.0. The van der Waals surface area contributed by atoms with E-state index in [4.69, 9.17) is 0 Å². The van der Waals surface area contributed by atoms with E-state index in [0.29, 0.717) is 0 Å². The van der Waals surface area contributed by atoms with Gasteiger partial charge in [0, 0.05) is 0 Å². The van der Waals surface area contributed by atoms with Gasteiger partial charge in [0.15, 0.2) is 0 Å². The minimum absolute atomic E-state index is 1.08. The van der Waals surface area contributed by atoms with E-state index >= 15 is 0 Å². The number of unbranched alkanes of at least 4 members (excludes halogenated alkanes) is 1. The molecule has 0 unspecified atom stereocenters. The molecule has 0 aromatic carbocycles. The van der Waals surface area contributed by atoms with Crippen molar-refractivity contribution in [3.8, 4) is 0 Å². The molecule has 0 aliphatic rings. The van der Waals surface area contributed by atoms with E-state index in [1.54, 1.807) is 0 Å². The molecule has 0 rings (SSSR count). The molecule has 20 heavy (non-hydrogen) atoms. The lowest BCUT2D eigenvalue weighted by Gasteiger charge is -1.76. The Morgan fingerprint density at radius 3 is 1.05 bits per heavy atom. The fourth-order valence-electron chi connectivity index (χ4n) is 0.805. The summed E-state index contributed by atoms with van der Waals surface area (Å²) in [6, 6.07) is 0. The van der Waals surface area contributed by atoms with E-state index in [1.165, 1.54) is 12.8 Å². The maximum absolute atomic E-state index is 3.48. The molecule has 0 aliphatic carbocycles. The minimum atomic E-state index is 1.08. The zero-order valence-electron chi connectivity index (χ0n) is 15.3. The summed E-state index contributed by atoms with van der Waals surface area (Å²) >= 11 is 0. The van der Waals surface area contributed by atoms with E-state index in [0.717, 1.165) is 19.3 Å². The molecule has 0 saturated heterocycles. The summed E-state index contributed by atoms with van der Waals surface area (Å²) in [7, 11) is 0. The highest BCUT2D eigenvalue weighted by Gasteiger charge is 1.64. The van der Waals surface area contributed by atoms with Gasteiger partial charge in [-0.3, -0.25) is 0 Å². The molecule has 0 amide bonds. The fourth-order valence-corrected chi connectivity index (χ4v) is 0.805. The SMILES string of the molecule is C/C=C/CC.C/C=C/CC.C/C=C/CCC.C=CCC. The first-order valence-electron chi connectivity index (χ1n) is 8.10. The van der Waals surface area contributed by atoms with Gasteiger partial charge in [-0.1, -0.05) is 76.6 Å². The van der Waals surface area contributed by atoms with Crippen molar-refractivity contribution in [3.05, 3.63) is 49.1 Å². The van der Waals surface area contributed by atoms with Crippen LogP contribution < -0.4 is 0 Å². The largest absolute Gasteiger partial charge is 0.103 e. The molecule has 0 radical (unpaired) electrons. The summed E-state index contributed by atoms with van der Waals surface area (Å²) in [6.45, 7) is 18.1. The number of rotatable bonds is 5. The molecule has 0 aliphatic heterocycles. The molecular weight excluding hydrogens is 240 g/mol. The molecule has 0 aromatic heterocycles. The van der Waals surface area contributed by atoms with Gasteiger partial charge in [0.05, 0.1) is 0 Å². The normalized spacial score (nSPS) is 9.35. The van der Waals surface area contributed by atoms with Crippen LogP contribution in [0, 0.1) is 0 Å². The van der Waals surface area contributed by atoms with Gasteiger partial charge in [0.25, 0.3) is 0 Å². The lowest BCUT2D eigenvalue weighted by molar-refractivity contribution is 0.957. The summed E-state index contributed by atoms with van der Waals surface area (Å²) < 4.78 is 0. The van der Waals surface area contributed by atoms with Crippen molar-refractivity contribution in [2.75, 3.05) is 0 Å². The Hall–Kier alpha value is -1.04. The molecular formula is C20H40. The van der Waals surface area contributed by atoms with Gasteiger partial charge in [0.2, 0.25) is 0 Å². The lowest BCUT2D eigenvalue weighted by atomic mass is 10.3. The van der Waals surface area contributed by atoms with Crippen molar-refractivity contribution in [2.45, 2.75) is 80.6 Å². The maximum Gasteiger partial charge on any atom is -0.0353 e. The molecule has 0 nitrogen and oxygen atoms in total. The van der Waals surface area contributed by atoms with Crippen molar-refractivity contribution in [2.24, 2.45) is 0 Å². The van der Waals surface area contributed by atoms with E-state index in [1.807, 2.05) is 19.9 Å². The van der Waals surface area contributed by atoms with Gasteiger partial charge >= 0.3 is 0 Å². The van der Waals surface area contributed by atoms with Crippen LogP contribution in [0.4, 0.5) is 0 Å². The Bertz CT molecular complexity index is 182. The highest BCUT2D eigenvalue weighted by atomic mass is 13.7. The molecule has 0 fully saturated rings. The van der Waals surface area contributed by atoms with Crippen molar-refractivity contribution in [1.82, 2.24) is 0 Å². The molecule has 0 heterocycles. The van der Waals surface area contributed by atoms with Crippen LogP contribution in [0.2, 0.25) is 0 Å². The Morgan fingerprint density at radius 1 is 0.650 bits per heavy atom. The minimum Gasteiger partial charge on any atom is -0.103 e. The summed E-state index contributed by atoms with van der Waals surface area (Å²) in [5.74, 6) is 0. The predicted octanol–water partition coefficient (Wildman–Crippen LogP) is 7.89. The van der Waals surface area contributed by atoms with Gasteiger partial charge in [-0.15, -0.1) is 6.58 Å². The van der Waals surface area contributed by atoms with Gasteiger partial charge in [-0.25, -0.2) is 0 Å². The topological polar surface area (TPSA) is 0 Å². The van der Waals surface area contributed by atoms with Gasteiger partial charge in [-0.2, -0.15) is 0 Å². The Labute approximate surface area is 130 Å². The Morgan fingerprint density at radius 2 is 1.00 bits per heavy atom. The zero-order valence-corrected chi connectivity index (χ0v) is 15.3. The van der Waals surface area contributed by atoms with Crippen molar-refractivity contribution in [1.29, 1.82) is 0 Å². The third-order valence-electron chi connectivity index (χ3n) is 1.92. The number of allylic oxidation sites excluding steroid dienone is 7. The lowest BCUT2D eigenvalue weighted by Crippen LogP contribution is -1.55. The number of hydrogen-bond acceptors (Lipinski definition) is 0. The van der Waals surface area contributed by atoms with E-state index in [2.05, 4.69) is 77.7 Å². The molecule has 0 N–H and O–H groups in total. The van der Waals surface area contributed by atoms with Crippen LogP contribution in [-0.2, 0) is 0 Å². The average Bonchev–Trinajstić information content (AvgIpc) is 2.48. The molecule has 0 spiro atoms. The fraction of sp³-hybridized carbons (Fsp3) is 0.600. The summed E-state index contributed by atoms with van der Waals surface area (Å²) in [5, 5.41) is 0. The maximum atomic E-state index is 3.48. The molecule has 0 heteroatoms. The van der Waals surface area contributed by atoms with Gasteiger partial charge in [0.1, 0.15) is 0 Å². The molecule has 0 aromatic rings. The Balaban J connectivity index is -0.0000000862. The van der Waals surface area contributed by atoms with Crippen LogP contribution in [0.5, 0.6) is 0 Å². The third kappa shape index (κ3) is 89.2. The molecule has 0 atom stereocenters. The van der Waals surface area contributed by atoms with Crippen LogP contribution >= 0.6 is 0 Å². The highest BCUT2D eigenvalue weighted by Crippen LogP contribution is 1.85.